The molecule has 0 bridgehead atoms. The molecule has 22 heavy (non-hydrogen) atoms. The fraction of sp³-hybridized carbons (Fsp3) is 0.647. The largest absolute Gasteiger partial charge is 0.455 e. The molecule has 1 aromatic heterocycles. The Morgan fingerprint density at radius 3 is 2.77 bits per heavy atom. The van der Waals surface area contributed by atoms with Gasteiger partial charge in [-0.1, -0.05) is 13.8 Å². The summed E-state index contributed by atoms with van der Waals surface area (Å²) in [7, 11) is 0. The van der Waals surface area contributed by atoms with E-state index in [9.17, 15) is 14.7 Å². The van der Waals surface area contributed by atoms with Crippen molar-refractivity contribution in [3.63, 3.8) is 0 Å². The molecule has 3 rings (SSSR count). The number of fused-ring (bicyclic) bond motifs is 1. The van der Waals surface area contributed by atoms with Crippen LogP contribution in [0.15, 0.2) is 4.42 Å². The standard InChI is InChI=1S/C17H23NO4/c1-10-14-12(20)7-17(2,3)8-13(14)22-15(10)16(21)18-6-4-5-11(19)9-18/h11,19H,4-9H2,1-3H3. The van der Waals surface area contributed by atoms with Gasteiger partial charge in [-0.2, -0.15) is 0 Å². The van der Waals surface area contributed by atoms with Gasteiger partial charge in [-0.25, -0.2) is 0 Å². The molecule has 1 fully saturated rings. The van der Waals surface area contributed by atoms with Crippen molar-refractivity contribution in [1.82, 2.24) is 4.90 Å². The molecule has 1 amide bonds. The van der Waals surface area contributed by atoms with Crippen LogP contribution in [0.4, 0.5) is 0 Å². The number of likely N-dealkylation sites (tertiary alicyclic amines) is 1. The van der Waals surface area contributed by atoms with Crippen LogP contribution in [-0.2, 0) is 6.42 Å². The van der Waals surface area contributed by atoms with Gasteiger partial charge in [0.25, 0.3) is 5.91 Å². The Labute approximate surface area is 130 Å². The van der Waals surface area contributed by atoms with Crippen molar-refractivity contribution >= 4 is 11.7 Å². The molecule has 1 N–H and O–H groups in total. The number of amides is 1. The number of ketones is 1. The lowest BCUT2D eigenvalue weighted by molar-refractivity contribution is 0.0445. The number of furan rings is 1. The minimum Gasteiger partial charge on any atom is -0.455 e. The van der Waals surface area contributed by atoms with E-state index in [4.69, 9.17) is 4.42 Å². The summed E-state index contributed by atoms with van der Waals surface area (Å²) in [6, 6.07) is 0. The SMILES string of the molecule is Cc1c(C(=O)N2CCCC(O)C2)oc2c1C(=O)CC(C)(C)C2. The summed E-state index contributed by atoms with van der Waals surface area (Å²) < 4.78 is 5.80. The third kappa shape index (κ3) is 2.58. The second-order valence-electron chi connectivity index (χ2n) is 7.34. The van der Waals surface area contributed by atoms with Gasteiger partial charge in [0.15, 0.2) is 11.5 Å². The van der Waals surface area contributed by atoms with Crippen LogP contribution < -0.4 is 0 Å². The van der Waals surface area contributed by atoms with Crippen LogP contribution in [0.1, 0.15) is 65.3 Å². The Kier molecular flexibility index (Phi) is 3.63. The van der Waals surface area contributed by atoms with Crippen molar-refractivity contribution in [2.24, 2.45) is 5.41 Å². The Balaban J connectivity index is 1.93. The molecule has 2 aliphatic rings. The predicted octanol–water partition coefficient (Wildman–Crippen LogP) is 2.34. The summed E-state index contributed by atoms with van der Waals surface area (Å²) in [5, 5.41) is 9.74. The van der Waals surface area contributed by atoms with Gasteiger partial charge in [-0.05, 0) is 25.2 Å². The van der Waals surface area contributed by atoms with Gasteiger partial charge in [-0.3, -0.25) is 9.59 Å². The fourth-order valence-electron chi connectivity index (χ4n) is 3.57. The lowest BCUT2D eigenvalue weighted by Gasteiger charge is -2.29. The first-order valence-corrected chi connectivity index (χ1v) is 7.91. The highest BCUT2D eigenvalue weighted by molar-refractivity contribution is 6.03. The van der Waals surface area contributed by atoms with Crippen LogP contribution in [0.2, 0.25) is 0 Å². The molecule has 120 valence electrons. The highest BCUT2D eigenvalue weighted by atomic mass is 16.4. The number of β-amino-alcohol motifs (C(OH)–C–C–N with tert-alkyl or cyclic N) is 1. The van der Waals surface area contributed by atoms with Crippen molar-refractivity contribution in [2.45, 2.75) is 52.6 Å². The van der Waals surface area contributed by atoms with E-state index in [2.05, 4.69) is 0 Å². The second kappa shape index (κ2) is 5.23. The summed E-state index contributed by atoms with van der Waals surface area (Å²) in [4.78, 5) is 26.6. The van der Waals surface area contributed by atoms with E-state index in [0.29, 0.717) is 42.8 Å². The topological polar surface area (TPSA) is 70.8 Å². The number of aliphatic hydroxyl groups is 1. The molecule has 0 spiro atoms. The normalized spacial score (nSPS) is 24.3. The Hall–Kier alpha value is -1.62. The molecule has 0 aromatic carbocycles. The molecular weight excluding hydrogens is 282 g/mol. The molecule has 0 radical (unpaired) electrons. The van der Waals surface area contributed by atoms with Gasteiger partial charge in [0.2, 0.25) is 0 Å². The van der Waals surface area contributed by atoms with Crippen molar-refractivity contribution < 1.29 is 19.1 Å². The molecule has 1 aliphatic carbocycles. The molecule has 1 unspecified atom stereocenters. The number of hydrogen-bond donors (Lipinski definition) is 1. The minimum atomic E-state index is -0.469. The maximum Gasteiger partial charge on any atom is 0.289 e. The monoisotopic (exact) mass is 305 g/mol. The molecule has 5 heteroatoms. The Morgan fingerprint density at radius 1 is 1.36 bits per heavy atom. The van der Waals surface area contributed by atoms with Crippen LogP contribution in [0.25, 0.3) is 0 Å². The third-order valence-electron chi connectivity index (χ3n) is 4.65. The highest BCUT2D eigenvalue weighted by Gasteiger charge is 2.38. The first-order chi connectivity index (χ1) is 10.3. The summed E-state index contributed by atoms with van der Waals surface area (Å²) in [6.07, 6.45) is 2.20. The van der Waals surface area contributed by atoms with Gasteiger partial charge in [-0.15, -0.1) is 0 Å². The van der Waals surface area contributed by atoms with Crippen LogP contribution >= 0.6 is 0 Å². The van der Waals surface area contributed by atoms with Crippen LogP contribution in [0.5, 0.6) is 0 Å². The van der Waals surface area contributed by atoms with Crippen molar-refractivity contribution in [1.29, 1.82) is 0 Å². The van der Waals surface area contributed by atoms with E-state index in [1.807, 2.05) is 13.8 Å². The second-order valence-corrected chi connectivity index (χ2v) is 7.34. The molecule has 0 saturated carbocycles. The molecule has 1 atom stereocenters. The maximum absolute atomic E-state index is 12.7. The number of piperidine rings is 1. The Morgan fingerprint density at radius 2 is 2.09 bits per heavy atom. The lowest BCUT2D eigenvalue weighted by atomic mass is 9.76. The van der Waals surface area contributed by atoms with Gasteiger partial charge in [0, 0.05) is 31.5 Å². The fourth-order valence-corrected chi connectivity index (χ4v) is 3.57. The van der Waals surface area contributed by atoms with Gasteiger partial charge in [0.05, 0.1) is 11.7 Å². The molecule has 1 aliphatic heterocycles. The summed E-state index contributed by atoms with van der Waals surface area (Å²) in [5.74, 6) is 0.756. The summed E-state index contributed by atoms with van der Waals surface area (Å²) in [6.45, 7) is 6.82. The number of nitrogens with zero attached hydrogens (tertiary/aromatic N) is 1. The highest BCUT2D eigenvalue weighted by Crippen LogP contribution is 2.38. The zero-order valence-electron chi connectivity index (χ0n) is 13.4. The number of carbonyl (C=O) groups is 2. The number of aliphatic hydroxyl groups excluding tert-OH is 1. The van der Waals surface area contributed by atoms with E-state index in [-0.39, 0.29) is 22.9 Å². The smallest absolute Gasteiger partial charge is 0.289 e. The van der Waals surface area contributed by atoms with Gasteiger partial charge < -0.3 is 14.4 Å². The van der Waals surface area contributed by atoms with E-state index < -0.39 is 6.10 Å². The van der Waals surface area contributed by atoms with E-state index in [0.717, 1.165) is 12.8 Å². The van der Waals surface area contributed by atoms with Crippen LogP contribution in [0.3, 0.4) is 0 Å². The zero-order valence-corrected chi connectivity index (χ0v) is 13.4. The number of Topliss-reactive ketones (excluding diaryl/α,β-unsaturated/α-hetero) is 1. The van der Waals surface area contributed by atoms with E-state index in [1.54, 1.807) is 11.8 Å². The number of hydrogen-bond acceptors (Lipinski definition) is 4. The Bertz CT molecular complexity index is 629. The lowest BCUT2D eigenvalue weighted by Crippen LogP contribution is -2.42. The molecule has 2 heterocycles. The van der Waals surface area contributed by atoms with Crippen molar-refractivity contribution in [2.75, 3.05) is 13.1 Å². The quantitative estimate of drug-likeness (QED) is 0.864. The summed E-state index contributed by atoms with van der Waals surface area (Å²) in [5.41, 5.74) is 1.12. The first-order valence-electron chi connectivity index (χ1n) is 7.91. The van der Waals surface area contributed by atoms with E-state index in [1.165, 1.54) is 0 Å². The van der Waals surface area contributed by atoms with Gasteiger partial charge in [0.1, 0.15) is 5.76 Å². The predicted molar refractivity (Wildman–Crippen MR) is 81.0 cm³/mol. The van der Waals surface area contributed by atoms with Crippen molar-refractivity contribution in [3.05, 3.63) is 22.6 Å². The average molecular weight is 305 g/mol. The van der Waals surface area contributed by atoms with Crippen molar-refractivity contribution in [3.8, 4) is 0 Å². The first kappa shape index (κ1) is 15.3. The zero-order chi connectivity index (χ0) is 16.1. The molecule has 1 aromatic rings. The summed E-state index contributed by atoms with van der Waals surface area (Å²) >= 11 is 0. The van der Waals surface area contributed by atoms with Gasteiger partial charge >= 0.3 is 0 Å². The number of rotatable bonds is 1. The molecular formula is C17H23NO4. The third-order valence-corrected chi connectivity index (χ3v) is 4.65. The van der Waals surface area contributed by atoms with E-state index >= 15 is 0 Å². The number of carbonyl (C=O) groups excluding carboxylic acids is 2. The molecule has 1 saturated heterocycles. The average Bonchev–Trinajstić information content (AvgIpc) is 2.73. The molecule has 5 nitrogen and oxygen atoms in total. The maximum atomic E-state index is 12.7. The van der Waals surface area contributed by atoms with Crippen LogP contribution in [0, 0.1) is 12.3 Å². The van der Waals surface area contributed by atoms with Crippen LogP contribution in [-0.4, -0.2) is 40.9 Å². The minimum absolute atomic E-state index is 0.0604.